The van der Waals surface area contributed by atoms with E-state index in [1.165, 1.54) is 7.11 Å². The predicted octanol–water partition coefficient (Wildman–Crippen LogP) is 3.94. The lowest BCUT2D eigenvalue weighted by Gasteiger charge is -2.11. The van der Waals surface area contributed by atoms with Gasteiger partial charge >= 0.3 is 5.97 Å². The van der Waals surface area contributed by atoms with Gasteiger partial charge < -0.3 is 15.2 Å². The van der Waals surface area contributed by atoms with Crippen molar-refractivity contribution in [3.05, 3.63) is 57.6 Å². The summed E-state index contributed by atoms with van der Waals surface area (Å²) in [5.41, 5.74) is 6.86. The summed E-state index contributed by atoms with van der Waals surface area (Å²) in [5.74, 6) is -0.150. The van der Waals surface area contributed by atoms with E-state index >= 15 is 0 Å². The summed E-state index contributed by atoms with van der Waals surface area (Å²) in [5, 5.41) is 0.878. The van der Waals surface area contributed by atoms with Crippen molar-refractivity contribution in [3.8, 4) is 5.75 Å². The molecule has 2 rings (SSSR count). The van der Waals surface area contributed by atoms with Gasteiger partial charge in [0.25, 0.3) is 0 Å². The Bertz CT molecular complexity index is 654. The Morgan fingerprint density at radius 2 is 1.76 bits per heavy atom. The number of benzene rings is 2. The fourth-order valence-corrected chi connectivity index (χ4v) is 2.29. The first-order valence-electron chi connectivity index (χ1n) is 6.07. The molecule has 0 saturated heterocycles. The minimum Gasteiger partial charge on any atom is -0.495 e. The molecule has 0 radical (unpaired) electrons. The van der Waals surface area contributed by atoms with Gasteiger partial charge in [0.1, 0.15) is 12.4 Å². The topological polar surface area (TPSA) is 61.5 Å². The largest absolute Gasteiger partial charge is 0.495 e. The van der Waals surface area contributed by atoms with Crippen LogP contribution in [0.5, 0.6) is 5.75 Å². The maximum absolute atomic E-state index is 12.1. The van der Waals surface area contributed by atoms with Crippen LogP contribution in [-0.2, 0) is 11.3 Å². The van der Waals surface area contributed by atoms with E-state index in [1.54, 1.807) is 36.4 Å². The third kappa shape index (κ3) is 3.40. The number of methoxy groups -OCH3 is 1. The van der Waals surface area contributed by atoms with Gasteiger partial charge in [0.05, 0.1) is 18.4 Å². The Morgan fingerprint density at radius 1 is 1.14 bits per heavy atom. The highest BCUT2D eigenvalue weighted by atomic mass is 35.5. The molecular weight excluding hydrogens is 313 g/mol. The molecule has 0 fully saturated rings. The molecule has 0 saturated carbocycles. The van der Waals surface area contributed by atoms with Gasteiger partial charge in [-0.05, 0) is 24.3 Å². The zero-order chi connectivity index (χ0) is 15.4. The molecule has 0 aliphatic heterocycles. The second-order valence-corrected chi connectivity index (χ2v) is 5.01. The van der Waals surface area contributed by atoms with Crippen LogP contribution in [0.15, 0.2) is 36.4 Å². The summed E-state index contributed by atoms with van der Waals surface area (Å²) >= 11 is 12.0. The standard InChI is InChI=1S/C15H13Cl2NO3/c1-20-13-7-2-4-9(14(13)18)15(19)21-8-10-11(16)5-3-6-12(10)17/h2-7H,8,18H2,1H3. The third-order valence-electron chi connectivity index (χ3n) is 2.92. The van der Waals surface area contributed by atoms with Crippen molar-refractivity contribution in [2.75, 3.05) is 12.8 Å². The highest BCUT2D eigenvalue weighted by molar-refractivity contribution is 6.35. The number of nitrogen functional groups attached to an aromatic ring is 1. The second-order valence-electron chi connectivity index (χ2n) is 4.20. The summed E-state index contributed by atoms with van der Waals surface area (Å²) in [6, 6.07) is 9.96. The van der Waals surface area contributed by atoms with Crippen molar-refractivity contribution in [1.82, 2.24) is 0 Å². The van der Waals surface area contributed by atoms with E-state index < -0.39 is 5.97 Å². The van der Waals surface area contributed by atoms with Gasteiger partial charge in [-0.2, -0.15) is 0 Å². The molecule has 21 heavy (non-hydrogen) atoms. The normalized spacial score (nSPS) is 10.2. The second kappa shape index (κ2) is 6.70. The Morgan fingerprint density at radius 3 is 2.38 bits per heavy atom. The Labute approximate surface area is 132 Å². The first kappa shape index (κ1) is 15.5. The van der Waals surface area contributed by atoms with Crippen LogP contribution in [0.25, 0.3) is 0 Å². The summed E-state index contributed by atoms with van der Waals surface area (Å²) in [7, 11) is 1.48. The fraction of sp³-hybridized carbons (Fsp3) is 0.133. The minimum atomic E-state index is -0.567. The number of hydrogen-bond donors (Lipinski definition) is 1. The van der Waals surface area contributed by atoms with Crippen LogP contribution < -0.4 is 10.5 Å². The summed E-state index contributed by atoms with van der Waals surface area (Å²) in [4.78, 5) is 12.1. The van der Waals surface area contributed by atoms with E-state index in [4.69, 9.17) is 38.4 Å². The van der Waals surface area contributed by atoms with E-state index in [9.17, 15) is 4.79 Å². The zero-order valence-corrected chi connectivity index (χ0v) is 12.7. The average molecular weight is 326 g/mol. The van der Waals surface area contributed by atoms with E-state index in [2.05, 4.69) is 0 Å². The molecule has 4 nitrogen and oxygen atoms in total. The molecule has 2 aromatic rings. The molecule has 0 unspecified atom stereocenters. The van der Waals surface area contributed by atoms with Gasteiger partial charge in [-0.15, -0.1) is 0 Å². The fourth-order valence-electron chi connectivity index (χ4n) is 1.79. The molecule has 0 aliphatic carbocycles. The lowest BCUT2D eigenvalue weighted by Crippen LogP contribution is -2.09. The number of ether oxygens (including phenoxy) is 2. The highest BCUT2D eigenvalue weighted by Gasteiger charge is 2.16. The molecule has 0 amide bonds. The number of rotatable bonds is 4. The predicted molar refractivity (Wildman–Crippen MR) is 83.0 cm³/mol. The molecule has 0 heterocycles. The molecule has 0 bridgehead atoms. The smallest absolute Gasteiger partial charge is 0.340 e. The van der Waals surface area contributed by atoms with Gasteiger partial charge in [-0.3, -0.25) is 0 Å². The number of hydrogen-bond acceptors (Lipinski definition) is 4. The molecule has 110 valence electrons. The Kier molecular flexibility index (Phi) is 4.94. The summed E-state index contributed by atoms with van der Waals surface area (Å²) < 4.78 is 10.3. The quantitative estimate of drug-likeness (QED) is 0.683. The SMILES string of the molecule is COc1cccc(C(=O)OCc2c(Cl)cccc2Cl)c1N. The van der Waals surface area contributed by atoms with Crippen LogP contribution in [0.3, 0.4) is 0 Å². The van der Waals surface area contributed by atoms with Crippen LogP contribution in [0.2, 0.25) is 10.0 Å². The van der Waals surface area contributed by atoms with Gasteiger partial charge in [0, 0.05) is 15.6 Å². The zero-order valence-electron chi connectivity index (χ0n) is 11.2. The van der Waals surface area contributed by atoms with Crippen molar-refractivity contribution in [1.29, 1.82) is 0 Å². The lowest BCUT2D eigenvalue weighted by atomic mass is 10.1. The number of nitrogens with two attached hydrogens (primary N) is 1. The highest BCUT2D eigenvalue weighted by Crippen LogP contribution is 2.27. The van der Waals surface area contributed by atoms with Gasteiger partial charge in [0.15, 0.2) is 0 Å². The maximum Gasteiger partial charge on any atom is 0.340 e. The first-order chi connectivity index (χ1) is 10.0. The number of anilines is 1. The van der Waals surface area contributed by atoms with Gasteiger partial charge in [-0.25, -0.2) is 4.79 Å². The van der Waals surface area contributed by atoms with Crippen LogP contribution in [0, 0.1) is 0 Å². The molecule has 0 aliphatic rings. The monoisotopic (exact) mass is 325 g/mol. The maximum atomic E-state index is 12.1. The molecule has 2 aromatic carbocycles. The molecule has 0 aromatic heterocycles. The van der Waals surface area contributed by atoms with Gasteiger partial charge in [0.2, 0.25) is 0 Å². The van der Waals surface area contributed by atoms with E-state index in [0.717, 1.165) is 0 Å². The minimum absolute atomic E-state index is 0.0337. The van der Waals surface area contributed by atoms with Gasteiger partial charge in [-0.1, -0.05) is 35.3 Å². The lowest BCUT2D eigenvalue weighted by molar-refractivity contribution is 0.0474. The number of esters is 1. The summed E-state index contributed by atoms with van der Waals surface area (Å²) in [6.07, 6.45) is 0. The van der Waals surface area contributed by atoms with Crippen LogP contribution in [0.1, 0.15) is 15.9 Å². The van der Waals surface area contributed by atoms with E-state index in [0.29, 0.717) is 21.4 Å². The average Bonchev–Trinajstić information content (AvgIpc) is 2.46. The van der Waals surface area contributed by atoms with Crippen molar-refractivity contribution >= 4 is 34.9 Å². The molecule has 2 N–H and O–H groups in total. The molecular formula is C15H13Cl2NO3. The number of para-hydroxylation sites is 1. The van der Waals surface area contributed by atoms with Crippen molar-refractivity contribution < 1.29 is 14.3 Å². The number of carbonyl (C=O) groups excluding carboxylic acids is 1. The van der Waals surface area contributed by atoms with E-state index in [-0.39, 0.29) is 17.9 Å². The first-order valence-corrected chi connectivity index (χ1v) is 6.82. The van der Waals surface area contributed by atoms with Crippen molar-refractivity contribution in [2.24, 2.45) is 0 Å². The summed E-state index contributed by atoms with van der Waals surface area (Å²) in [6.45, 7) is -0.0337. The Hall–Kier alpha value is -1.91. The van der Waals surface area contributed by atoms with Crippen molar-refractivity contribution in [2.45, 2.75) is 6.61 Å². The van der Waals surface area contributed by atoms with Crippen molar-refractivity contribution in [3.63, 3.8) is 0 Å². The van der Waals surface area contributed by atoms with E-state index in [1.807, 2.05) is 0 Å². The molecule has 0 atom stereocenters. The third-order valence-corrected chi connectivity index (χ3v) is 3.62. The number of carbonyl (C=O) groups is 1. The Balaban J connectivity index is 2.16. The van der Waals surface area contributed by atoms with Crippen LogP contribution >= 0.6 is 23.2 Å². The molecule has 6 heteroatoms. The molecule has 0 spiro atoms. The van der Waals surface area contributed by atoms with Crippen LogP contribution in [0.4, 0.5) is 5.69 Å². The number of halogens is 2. The van der Waals surface area contributed by atoms with Crippen LogP contribution in [-0.4, -0.2) is 13.1 Å².